The summed E-state index contributed by atoms with van der Waals surface area (Å²) in [6.45, 7) is 2.11. The summed E-state index contributed by atoms with van der Waals surface area (Å²) in [5, 5.41) is 9.43. The topological polar surface area (TPSA) is 85.3 Å². The number of aliphatic carboxylic acids is 1. The van der Waals surface area contributed by atoms with E-state index in [9.17, 15) is 14.7 Å². The number of benzene rings is 1. The highest BCUT2D eigenvalue weighted by atomic mass is 32.2. The lowest BCUT2D eigenvalue weighted by Gasteiger charge is -2.28. The number of carboxylic acid groups (broad SMARTS) is 1. The number of carbonyl (C=O) groups excluding carboxylic acids is 1. The van der Waals surface area contributed by atoms with Crippen LogP contribution in [0.25, 0.3) is 0 Å². The van der Waals surface area contributed by atoms with Crippen LogP contribution in [0.1, 0.15) is 43.0 Å². The third kappa shape index (κ3) is 4.61. The first-order chi connectivity index (χ1) is 13.0. The minimum absolute atomic E-state index is 0.149. The first-order valence-electron chi connectivity index (χ1n) is 8.95. The van der Waals surface area contributed by atoms with Crippen LogP contribution in [0.5, 0.6) is 17.2 Å². The minimum Gasteiger partial charge on any atom is -0.493 e. The number of nitrogens with zero attached hydrogens (tertiary/aromatic N) is 1. The van der Waals surface area contributed by atoms with E-state index in [1.54, 1.807) is 12.1 Å². The molecule has 2 rings (SSSR count). The largest absolute Gasteiger partial charge is 0.493 e. The van der Waals surface area contributed by atoms with Crippen molar-refractivity contribution in [3.63, 3.8) is 0 Å². The summed E-state index contributed by atoms with van der Waals surface area (Å²) >= 11 is 1.52. The van der Waals surface area contributed by atoms with Gasteiger partial charge in [0, 0.05) is 11.3 Å². The summed E-state index contributed by atoms with van der Waals surface area (Å²) in [4.78, 5) is 26.4. The Labute approximate surface area is 164 Å². The third-order valence-corrected chi connectivity index (χ3v) is 5.93. The van der Waals surface area contributed by atoms with Crippen molar-refractivity contribution >= 4 is 23.6 Å². The van der Waals surface area contributed by atoms with E-state index in [1.165, 1.54) is 38.0 Å². The fourth-order valence-electron chi connectivity index (χ4n) is 3.17. The number of ether oxygens (including phenoxy) is 3. The average molecular weight is 397 g/mol. The van der Waals surface area contributed by atoms with E-state index in [-0.39, 0.29) is 11.3 Å². The van der Waals surface area contributed by atoms with Gasteiger partial charge in [-0.1, -0.05) is 26.2 Å². The fourth-order valence-corrected chi connectivity index (χ4v) is 4.62. The van der Waals surface area contributed by atoms with Crippen molar-refractivity contribution < 1.29 is 28.9 Å². The molecule has 0 unspecified atom stereocenters. The first-order valence-corrected chi connectivity index (χ1v) is 10.00. The molecule has 1 amide bonds. The van der Waals surface area contributed by atoms with E-state index in [0.717, 1.165) is 25.7 Å². The summed E-state index contributed by atoms with van der Waals surface area (Å²) in [5.74, 6) is 0.182. The van der Waals surface area contributed by atoms with Gasteiger partial charge in [-0.2, -0.15) is 0 Å². The molecular formula is C19H27NO6S. The number of hydrogen-bond donors (Lipinski definition) is 1. The van der Waals surface area contributed by atoms with Crippen LogP contribution in [0, 0.1) is 0 Å². The zero-order valence-electron chi connectivity index (χ0n) is 16.2. The van der Waals surface area contributed by atoms with Crippen LogP contribution < -0.4 is 14.2 Å². The second-order valence-corrected chi connectivity index (χ2v) is 7.48. The molecule has 1 N–H and O–H groups in total. The number of methoxy groups -OCH3 is 3. The molecule has 1 saturated heterocycles. The molecule has 27 heavy (non-hydrogen) atoms. The Morgan fingerprint density at radius 2 is 1.78 bits per heavy atom. The molecule has 0 radical (unpaired) electrons. The molecule has 1 aliphatic rings. The molecule has 2 atom stereocenters. The standard InChI is InChI=1S/C19H27NO6S/c1-5-6-7-8-16-20(13(11-27-16)19(22)23)18(21)12-9-14(24-2)17(26-4)15(10-12)25-3/h9-10,13,16H,5-8,11H2,1-4H3,(H,22,23)/t13-,16+/m0/s1. The van der Waals surface area contributed by atoms with Crippen molar-refractivity contribution in [2.75, 3.05) is 27.1 Å². The Bertz CT molecular complexity index is 655. The van der Waals surface area contributed by atoms with Gasteiger partial charge in [0.25, 0.3) is 5.91 Å². The number of carboxylic acids is 1. The Kier molecular flexibility index (Phi) is 7.65. The van der Waals surface area contributed by atoms with Crippen molar-refractivity contribution in [3.05, 3.63) is 17.7 Å². The number of unbranched alkanes of at least 4 members (excludes halogenated alkanes) is 2. The van der Waals surface area contributed by atoms with E-state index >= 15 is 0 Å². The monoisotopic (exact) mass is 397 g/mol. The lowest BCUT2D eigenvalue weighted by molar-refractivity contribution is -0.141. The lowest BCUT2D eigenvalue weighted by Crippen LogP contribution is -2.45. The van der Waals surface area contributed by atoms with Gasteiger partial charge in [-0.15, -0.1) is 11.8 Å². The SMILES string of the molecule is CCCCC[C@H]1SC[C@@H](C(=O)O)N1C(=O)c1cc(OC)c(OC)c(OC)c1. The molecule has 0 aromatic heterocycles. The zero-order chi connectivity index (χ0) is 20.0. The van der Waals surface area contributed by atoms with Crippen LogP contribution in [-0.4, -0.2) is 60.4 Å². The minimum atomic E-state index is -0.985. The van der Waals surface area contributed by atoms with Gasteiger partial charge in [-0.05, 0) is 18.6 Å². The van der Waals surface area contributed by atoms with Crippen LogP contribution >= 0.6 is 11.8 Å². The molecular weight excluding hydrogens is 370 g/mol. The second kappa shape index (κ2) is 9.73. The van der Waals surface area contributed by atoms with Gasteiger partial charge in [-0.3, -0.25) is 4.79 Å². The highest BCUT2D eigenvalue weighted by molar-refractivity contribution is 8.00. The van der Waals surface area contributed by atoms with Crippen molar-refractivity contribution in [1.29, 1.82) is 0 Å². The van der Waals surface area contributed by atoms with Gasteiger partial charge >= 0.3 is 5.97 Å². The third-order valence-electron chi connectivity index (χ3n) is 4.58. The van der Waals surface area contributed by atoms with Crippen LogP contribution in [0.3, 0.4) is 0 Å². The molecule has 8 heteroatoms. The molecule has 1 aromatic carbocycles. The van der Waals surface area contributed by atoms with Crippen molar-refractivity contribution in [1.82, 2.24) is 4.90 Å². The van der Waals surface area contributed by atoms with Gasteiger partial charge in [0.2, 0.25) is 5.75 Å². The first kappa shape index (κ1) is 21.2. The Morgan fingerprint density at radius 3 is 2.26 bits per heavy atom. The number of thioether (sulfide) groups is 1. The van der Waals surface area contributed by atoms with E-state index in [1.807, 2.05) is 0 Å². The predicted octanol–water partition coefficient (Wildman–Crippen LogP) is 3.26. The maximum absolute atomic E-state index is 13.2. The van der Waals surface area contributed by atoms with Crippen molar-refractivity contribution in [2.45, 2.75) is 44.0 Å². The van der Waals surface area contributed by atoms with Gasteiger partial charge in [0.1, 0.15) is 6.04 Å². The Balaban J connectivity index is 2.37. The molecule has 0 aliphatic carbocycles. The zero-order valence-corrected chi connectivity index (χ0v) is 17.0. The summed E-state index contributed by atoms with van der Waals surface area (Å²) in [7, 11) is 4.44. The molecule has 0 saturated carbocycles. The molecule has 0 bridgehead atoms. The highest BCUT2D eigenvalue weighted by Gasteiger charge is 2.42. The van der Waals surface area contributed by atoms with Crippen LogP contribution in [0.4, 0.5) is 0 Å². The summed E-state index contributed by atoms with van der Waals surface area (Å²) in [6, 6.07) is 2.29. The van der Waals surface area contributed by atoms with Crippen LogP contribution in [0.2, 0.25) is 0 Å². The Morgan fingerprint density at radius 1 is 1.15 bits per heavy atom. The fraction of sp³-hybridized carbons (Fsp3) is 0.579. The van der Waals surface area contributed by atoms with Crippen molar-refractivity contribution in [2.24, 2.45) is 0 Å². The van der Waals surface area contributed by atoms with Crippen molar-refractivity contribution in [3.8, 4) is 17.2 Å². The van der Waals surface area contributed by atoms with Gasteiger partial charge in [0.05, 0.1) is 26.7 Å². The smallest absolute Gasteiger partial charge is 0.327 e. The average Bonchev–Trinajstić information content (AvgIpc) is 3.10. The number of hydrogen-bond acceptors (Lipinski definition) is 6. The maximum atomic E-state index is 13.2. The van der Waals surface area contributed by atoms with E-state index in [4.69, 9.17) is 14.2 Å². The van der Waals surface area contributed by atoms with Crippen LogP contribution in [0.15, 0.2) is 12.1 Å². The quantitative estimate of drug-likeness (QED) is 0.640. The molecule has 1 aliphatic heterocycles. The lowest BCUT2D eigenvalue weighted by atomic mass is 10.1. The Hall–Kier alpha value is -2.09. The number of rotatable bonds is 9. The molecule has 7 nitrogen and oxygen atoms in total. The maximum Gasteiger partial charge on any atom is 0.327 e. The molecule has 1 aromatic rings. The summed E-state index contributed by atoms with van der Waals surface area (Å²) in [5.41, 5.74) is 0.318. The number of amides is 1. The summed E-state index contributed by atoms with van der Waals surface area (Å²) < 4.78 is 15.9. The molecule has 0 spiro atoms. The van der Waals surface area contributed by atoms with E-state index < -0.39 is 12.0 Å². The van der Waals surface area contributed by atoms with Crippen LogP contribution in [-0.2, 0) is 4.79 Å². The molecule has 1 heterocycles. The highest BCUT2D eigenvalue weighted by Crippen LogP contribution is 2.40. The summed E-state index contributed by atoms with van der Waals surface area (Å²) in [6.07, 6.45) is 3.86. The number of carbonyl (C=O) groups is 2. The second-order valence-electron chi connectivity index (χ2n) is 6.26. The normalized spacial score (nSPS) is 19.0. The van der Waals surface area contributed by atoms with E-state index in [2.05, 4.69) is 6.92 Å². The molecule has 150 valence electrons. The van der Waals surface area contributed by atoms with Gasteiger partial charge in [-0.25, -0.2) is 4.79 Å². The van der Waals surface area contributed by atoms with Gasteiger partial charge in [0.15, 0.2) is 11.5 Å². The van der Waals surface area contributed by atoms with Gasteiger partial charge < -0.3 is 24.2 Å². The predicted molar refractivity (Wildman–Crippen MR) is 104 cm³/mol. The van der Waals surface area contributed by atoms with E-state index in [0.29, 0.717) is 28.6 Å². The molecule has 1 fully saturated rings.